The van der Waals surface area contributed by atoms with Crippen LogP contribution in [0.2, 0.25) is 0 Å². The Labute approximate surface area is 123 Å². The van der Waals surface area contributed by atoms with Crippen molar-refractivity contribution in [2.45, 2.75) is 13.5 Å². The molecule has 1 heterocycles. The van der Waals surface area contributed by atoms with Crippen LogP contribution in [-0.4, -0.2) is 23.8 Å². The molecule has 0 fully saturated rings. The summed E-state index contributed by atoms with van der Waals surface area (Å²) in [5.41, 5.74) is 2.88. The van der Waals surface area contributed by atoms with E-state index in [0.29, 0.717) is 0 Å². The highest BCUT2D eigenvalue weighted by Gasteiger charge is 2.18. The lowest BCUT2D eigenvalue weighted by atomic mass is 10.2. The molecule has 0 saturated heterocycles. The lowest BCUT2D eigenvalue weighted by molar-refractivity contribution is 0.408. The van der Waals surface area contributed by atoms with Crippen LogP contribution in [0.3, 0.4) is 0 Å². The molecule has 0 amide bonds. The number of benzene rings is 2. The molecule has 0 bridgehead atoms. The van der Waals surface area contributed by atoms with Crippen LogP contribution in [0.1, 0.15) is 6.92 Å². The average Bonchev–Trinajstić information content (AvgIpc) is 2.94. The Hall–Kier alpha value is -2.49. The van der Waals surface area contributed by atoms with Gasteiger partial charge in [-0.15, -0.1) is 0 Å². The number of aryl methyl sites for hydroxylation is 1. The maximum absolute atomic E-state index is 5.50. The molecule has 2 aromatic carbocycles. The Morgan fingerprint density at radius 3 is 2.24 bits per heavy atom. The highest BCUT2D eigenvalue weighted by Crippen LogP contribution is 2.36. The number of methoxy groups -OCH3 is 2. The third kappa shape index (κ3) is 2.13. The molecular weight excluding hydrogens is 264 g/mol. The van der Waals surface area contributed by atoms with Gasteiger partial charge in [0.05, 0.1) is 14.2 Å². The van der Waals surface area contributed by atoms with Gasteiger partial charge in [-0.25, -0.2) is 4.98 Å². The smallest absolute Gasteiger partial charge is 0.146 e. The van der Waals surface area contributed by atoms with Gasteiger partial charge in [0.15, 0.2) is 0 Å². The van der Waals surface area contributed by atoms with Crippen molar-refractivity contribution in [3.05, 3.63) is 42.5 Å². The zero-order valence-corrected chi connectivity index (χ0v) is 12.5. The number of hydrogen-bond donors (Lipinski definition) is 0. The first-order chi connectivity index (χ1) is 10.3. The third-order valence-corrected chi connectivity index (χ3v) is 3.61. The van der Waals surface area contributed by atoms with E-state index in [4.69, 9.17) is 14.5 Å². The molecule has 1 aromatic heterocycles. The first-order valence-corrected chi connectivity index (χ1v) is 6.96. The van der Waals surface area contributed by atoms with Gasteiger partial charge in [-0.2, -0.15) is 0 Å². The van der Waals surface area contributed by atoms with Crippen molar-refractivity contribution < 1.29 is 9.47 Å². The molecule has 108 valence electrons. The van der Waals surface area contributed by atoms with Gasteiger partial charge >= 0.3 is 0 Å². The molecule has 0 N–H and O–H groups in total. The number of nitrogens with zero attached hydrogens (tertiary/aromatic N) is 2. The zero-order valence-electron chi connectivity index (χ0n) is 12.5. The van der Waals surface area contributed by atoms with Crippen molar-refractivity contribution in [2.24, 2.45) is 0 Å². The van der Waals surface area contributed by atoms with Gasteiger partial charge in [0.2, 0.25) is 0 Å². The maximum atomic E-state index is 5.50. The summed E-state index contributed by atoms with van der Waals surface area (Å²) in [6, 6.07) is 14.0. The summed E-state index contributed by atoms with van der Waals surface area (Å²) in [6.45, 7) is 2.91. The number of rotatable bonds is 4. The SMILES string of the molecule is CCn1c(-c2ccccc2)nc2c(OC)ccc(OC)c21. The van der Waals surface area contributed by atoms with E-state index in [2.05, 4.69) is 23.6 Å². The Morgan fingerprint density at radius 1 is 0.952 bits per heavy atom. The second-order valence-corrected chi connectivity index (χ2v) is 4.71. The summed E-state index contributed by atoms with van der Waals surface area (Å²) in [4.78, 5) is 4.79. The predicted octanol–water partition coefficient (Wildman–Crippen LogP) is 3.74. The van der Waals surface area contributed by atoms with Crippen molar-refractivity contribution in [3.8, 4) is 22.9 Å². The van der Waals surface area contributed by atoms with Crippen LogP contribution in [-0.2, 0) is 6.54 Å². The van der Waals surface area contributed by atoms with Crippen molar-refractivity contribution in [1.82, 2.24) is 9.55 Å². The molecule has 4 heteroatoms. The molecule has 4 nitrogen and oxygen atoms in total. The van der Waals surface area contributed by atoms with Gasteiger partial charge in [-0.05, 0) is 19.1 Å². The highest BCUT2D eigenvalue weighted by atomic mass is 16.5. The molecule has 0 aliphatic heterocycles. The van der Waals surface area contributed by atoms with Crippen molar-refractivity contribution >= 4 is 11.0 Å². The first kappa shape index (κ1) is 13.5. The van der Waals surface area contributed by atoms with E-state index in [1.54, 1.807) is 14.2 Å². The van der Waals surface area contributed by atoms with Gasteiger partial charge in [0.1, 0.15) is 28.4 Å². The number of aromatic nitrogens is 2. The second-order valence-electron chi connectivity index (χ2n) is 4.71. The quantitative estimate of drug-likeness (QED) is 0.731. The minimum Gasteiger partial charge on any atom is -0.494 e. The van der Waals surface area contributed by atoms with E-state index in [1.165, 1.54) is 0 Å². The molecule has 3 rings (SSSR count). The van der Waals surface area contributed by atoms with Crippen molar-refractivity contribution in [3.63, 3.8) is 0 Å². The predicted molar refractivity (Wildman–Crippen MR) is 83.9 cm³/mol. The summed E-state index contributed by atoms with van der Waals surface area (Å²) < 4.78 is 13.1. The van der Waals surface area contributed by atoms with Crippen LogP contribution in [0.5, 0.6) is 11.5 Å². The number of fused-ring (bicyclic) bond motifs is 1. The number of imidazole rings is 1. The van der Waals surface area contributed by atoms with Crippen LogP contribution in [0.25, 0.3) is 22.4 Å². The maximum Gasteiger partial charge on any atom is 0.146 e. The van der Waals surface area contributed by atoms with Gasteiger partial charge in [0.25, 0.3) is 0 Å². The van der Waals surface area contributed by atoms with Crippen LogP contribution in [0.15, 0.2) is 42.5 Å². The standard InChI is InChI=1S/C17H18N2O2/c1-4-19-16-14(21-3)11-10-13(20-2)15(16)18-17(19)12-8-6-5-7-9-12/h5-11H,4H2,1-3H3. The summed E-state index contributed by atoms with van der Waals surface area (Å²) in [5, 5.41) is 0. The summed E-state index contributed by atoms with van der Waals surface area (Å²) in [7, 11) is 3.34. The summed E-state index contributed by atoms with van der Waals surface area (Å²) in [6.07, 6.45) is 0. The van der Waals surface area contributed by atoms with Gasteiger partial charge in [-0.1, -0.05) is 30.3 Å². The molecule has 0 aliphatic carbocycles. The fraction of sp³-hybridized carbons (Fsp3) is 0.235. The zero-order chi connectivity index (χ0) is 14.8. The topological polar surface area (TPSA) is 36.3 Å². The van der Waals surface area contributed by atoms with E-state index < -0.39 is 0 Å². The number of ether oxygens (including phenoxy) is 2. The summed E-state index contributed by atoms with van der Waals surface area (Å²) >= 11 is 0. The molecular formula is C17H18N2O2. The lowest BCUT2D eigenvalue weighted by Gasteiger charge is -2.09. The molecule has 0 spiro atoms. The van der Waals surface area contributed by atoms with Crippen LogP contribution < -0.4 is 9.47 Å². The van der Waals surface area contributed by atoms with Crippen molar-refractivity contribution in [2.75, 3.05) is 14.2 Å². The molecule has 0 radical (unpaired) electrons. The van der Waals surface area contributed by atoms with Gasteiger partial charge in [0, 0.05) is 12.1 Å². The lowest BCUT2D eigenvalue weighted by Crippen LogP contribution is -1.99. The third-order valence-electron chi connectivity index (χ3n) is 3.61. The minimum atomic E-state index is 0.759. The van der Waals surface area contributed by atoms with Crippen molar-refractivity contribution in [1.29, 1.82) is 0 Å². The fourth-order valence-corrected chi connectivity index (χ4v) is 2.63. The van der Waals surface area contributed by atoms with E-state index >= 15 is 0 Å². The van der Waals surface area contributed by atoms with E-state index in [-0.39, 0.29) is 0 Å². The largest absolute Gasteiger partial charge is 0.494 e. The summed E-state index contributed by atoms with van der Waals surface area (Å²) in [5.74, 6) is 2.49. The van der Waals surface area contributed by atoms with Crippen LogP contribution in [0, 0.1) is 0 Å². The monoisotopic (exact) mass is 282 g/mol. The molecule has 0 saturated carbocycles. The molecule has 0 aliphatic rings. The molecule has 21 heavy (non-hydrogen) atoms. The van der Waals surface area contributed by atoms with Crippen LogP contribution >= 0.6 is 0 Å². The van der Waals surface area contributed by atoms with Gasteiger partial charge in [-0.3, -0.25) is 0 Å². The Bertz CT molecular complexity index is 763. The van der Waals surface area contributed by atoms with E-state index in [1.807, 2.05) is 30.3 Å². The fourth-order valence-electron chi connectivity index (χ4n) is 2.63. The van der Waals surface area contributed by atoms with Gasteiger partial charge < -0.3 is 14.0 Å². The Balaban J connectivity index is 2.37. The Kier molecular flexibility index (Phi) is 3.52. The molecule has 0 unspecified atom stereocenters. The normalized spacial score (nSPS) is 10.8. The molecule has 3 aromatic rings. The number of hydrogen-bond acceptors (Lipinski definition) is 3. The molecule has 0 atom stereocenters. The van der Waals surface area contributed by atoms with E-state index in [9.17, 15) is 0 Å². The van der Waals surface area contributed by atoms with Crippen LogP contribution in [0.4, 0.5) is 0 Å². The minimum absolute atomic E-state index is 0.759. The first-order valence-electron chi connectivity index (χ1n) is 6.96. The van der Waals surface area contributed by atoms with E-state index in [0.717, 1.165) is 40.5 Å². The highest BCUT2D eigenvalue weighted by molar-refractivity contribution is 5.90. The Morgan fingerprint density at radius 2 is 1.62 bits per heavy atom. The second kappa shape index (κ2) is 5.48. The average molecular weight is 282 g/mol.